The fourth-order valence-corrected chi connectivity index (χ4v) is 1.72. The van der Waals surface area contributed by atoms with E-state index in [1.165, 1.54) is 24.8 Å². The number of nitrogens with one attached hydrogen (secondary N) is 1. The normalized spacial score (nSPS) is 15.4. The number of hydrogen-bond donors (Lipinski definition) is 1. The Labute approximate surface area is 86.7 Å². The Balaban J connectivity index is 2.42. The highest BCUT2D eigenvalue weighted by Crippen LogP contribution is 2.15. The maximum Gasteiger partial charge on any atom is 0.0950 e. The SMILES string of the molecule is CCCC(CC)NC(C)c1ccoc1. The van der Waals surface area contributed by atoms with Crippen molar-refractivity contribution in [3.05, 3.63) is 24.2 Å². The van der Waals surface area contributed by atoms with E-state index in [9.17, 15) is 0 Å². The third-order valence-electron chi connectivity index (χ3n) is 2.66. The Morgan fingerprint density at radius 2 is 2.21 bits per heavy atom. The van der Waals surface area contributed by atoms with Gasteiger partial charge in [-0.25, -0.2) is 0 Å². The zero-order chi connectivity index (χ0) is 10.4. The fraction of sp³-hybridized carbons (Fsp3) is 0.667. The molecule has 1 N–H and O–H groups in total. The van der Waals surface area contributed by atoms with Gasteiger partial charge in [-0.1, -0.05) is 20.3 Å². The molecule has 2 nitrogen and oxygen atoms in total. The standard InChI is InChI=1S/C12H21NO/c1-4-6-12(5-2)13-10(3)11-7-8-14-9-11/h7-10,12-13H,4-6H2,1-3H3. The molecule has 2 unspecified atom stereocenters. The van der Waals surface area contributed by atoms with Gasteiger partial charge < -0.3 is 9.73 Å². The van der Waals surface area contributed by atoms with E-state index in [0.29, 0.717) is 12.1 Å². The minimum Gasteiger partial charge on any atom is -0.472 e. The van der Waals surface area contributed by atoms with Crippen LogP contribution in [-0.2, 0) is 0 Å². The lowest BCUT2D eigenvalue weighted by atomic mass is 10.1. The van der Waals surface area contributed by atoms with E-state index in [4.69, 9.17) is 4.42 Å². The van der Waals surface area contributed by atoms with Crippen LogP contribution in [0.4, 0.5) is 0 Å². The first kappa shape index (κ1) is 11.3. The summed E-state index contributed by atoms with van der Waals surface area (Å²) in [6.07, 6.45) is 7.23. The largest absolute Gasteiger partial charge is 0.472 e. The van der Waals surface area contributed by atoms with Crippen LogP contribution in [0.1, 0.15) is 51.6 Å². The van der Waals surface area contributed by atoms with Crippen LogP contribution < -0.4 is 5.32 Å². The quantitative estimate of drug-likeness (QED) is 0.751. The summed E-state index contributed by atoms with van der Waals surface area (Å²) in [7, 11) is 0. The molecule has 2 heteroatoms. The van der Waals surface area contributed by atoms with E-state index >= 15 is 0 Å². The summed E-state index contributed by atoms with van der Waals surface area (Å²) >= 11 is 0. The van der Waals surface area contributed by atoms with Crippen molar-refractivity contribution >= 4 is 0 Å². The molecule has 0 bridgehead atoms. The van der Waals surface area contributed by atoms with Crippen molar-refractivity contribution in [3.8, 4) is 0 Å². The maximum atomic E-state index is 5.07. The smallest absolute Gasteiger partial charge is 0.0950 e. The molecule has 0 radical (unpaired) electrons. The molecule has 0 aliphatic heterocycles. The lowest BCUT2D eigenvalue weighted by molar-refractivity contribution is 0.414. The Morgan fingerprint density at radius 1 is 1.43 bits per heavy atom. The third kappa shape index (κ3) is 3.18. The van der Waals surface area contributed by atoms with Gasteiger partial charge in [0.1, 0.15) is 0 Å². The molecule has 80 valence electrons. The van der Waals surface area contributed by atoms with Crippen LogP contribution in [0.15, 0.2) is 23.0 Å². The van der Waals surface area contributed by atoms with Crippen molar-refractivity contribution in [3.63, 3.8) is 0 Å². The lowest BCUT2D eigenvalue weighted by Crippen LogP contribution is -2.30. The fourth-order valence-electron chi connectivity index (χ4n) is 1.72. The van der Waals surface area contributed by atoms with Crippen molar-refractivity contribution in [2.45, 2.75) is 52.1 Å². The van der Waals surface area contributed by atoms with Crippen LogP contribution in [0.5, 0.6) is 0 Å². The van der Waals surface area contributed by atoms with Gasteiger partial charge in [-0.3, -0.25) is 0 Å². The Morgan fingerprint density at radius 3 is 2.71 bits per heavy atom. The van der Waals surface area contributed by atoms with Gasteiger partial charge in [0, 0.05) is 17.6 Å². The molecule has 2 atom stereocenters. The van der Waals surface area contributed by atoms with Gasteiger partial charge in [-0.15, -0.1) is 0 Å². The minimum atomic E-state index is 0.394. The van der Waals surface area contributed by atoms with E-state index < -0.39 is 0 Å². The summed E-state index contributed by atoms with van der Waals surface area (Å²) in [5.74, 6) is 0. The van der Waals surface area contributed by atoms with Gasteiger partial charge in [0.15, 0.2) is 0 Å². The highest BCUT2D eigenvalue weighted by atomic mass is 16.3. The summed E-state index contributed by atoms with van der Waals surface area (Å²) in [6.45, 7) is 6.64. The van der Waals surface area contributed by atoms with Crippen LogP contribution in [-0.4, -0.2) is 6.04 Å². The highest BCUT2D eigenvalue weighted by Gasteiger charge is 2.11. The summed E-state index contributed by atoms with van der Waals surface area (Å²) in [5, 5.41) is 3.61. The molecule has 0 fully saturated rings. The summed E-state index contributed by atoms with van der Waals surface area (Å²) in [5.41, 5.74) is 1.24. The molecule has 1 heterocycles. The van der Waals surface area contributed by atoms with Gasteiger partial charge in [0.05, 0.1) is 12.5 Å². The number of hydrogen-bond acceptors (Lipinski definition) is 2. The molecule has 0 aromatic carbocycles. The van der Waals surface area contributed by atoms with Crippen molar-refractivity contribution in [1.82, 2.24) is 5.32 Å². The highest BCUT2D eigenvalue weighted by molar-refractivity contribution is 5.10. The predicted molar refractivity (Wildman–Crippen MR) is 59.2 cm³/mol. The monoisotopic (exact) mass is 195 g/mol. The van der Waals surface area contributed by atoms with Crippen LogP contribution in [0.2, 0.25) is 0 Å². The number of rotatable bonds is 6. The molecule has 0 amide bonds. The van der Waals surface area contributed by atoms with Gasteiger partial charge in [0.2, 0.25) is 0 Å². The van der Waals surface area contributed by atoms with Crippen molar-refractivity contribution in [2.24, 2.45) is 0 Å². The van der Waals surface area contributed by atoms with Crippen LogP contribution in [0.25, 0.3) is 0 Å². The molecule has 1 rings (SSSR count). The van der Waals surface area contributed by atoms with Crippen molar-refractivity contribution < 1.29 is 4.42 Å². The van der Waals surface area contributed by atoms with Crippen molar-refractivity contribution in [1.29, 1.82) is 0 Å². The topological polar surface area (TPSA) is 25.2 Å². The van der Waals surface area contributed by atoms with Crippen LogP contribution in [0, 0.1) is 0 Å². The zero-order valence-electron chi connectivity index (χ0n) is 9.42. The minimum absolute atomic E-state index is 0.394. The second-order valence-corrected chi connectivity index (χ2v) is 3.84. The first-order chi connectivity index (χ1) is 6.77. The average molecular weight is 195 g/mol. The Kier molecular flexibility index (Phi) is 4.74. The number of furan rings is 1. The molecule has 0 saturated heterocycles. The van der Waals surface area contributed by atoms with Crippen molar-refractivity contribution in [2.75, 3.05) is 0 Å². The molecule has 1 aromatic rings. The molecule has 0 aliphatic carbocycles. The Bertz CT molecular complexity index is 230. The average Bonchev–Trinajstić information content (AvgIpc) is 2.69. The second-order valence-electron chi connectivity index (χ2n) is 3.84. The first-order valence-corrected chi connectivity index (χ1v) is 5.56. The summed E-state index contributed by atoms with van der Waals surface area (Å²) < 4.78 is 5.07. The molecule has 0 saturated carbocycles. The molecule has 1 aromatic heterocycles. The van der Waals surface area contributed by atoms with Crippen LogP contribution >= 0.6 is 0 Å². The third-order valence-corrected chi connectivity index (χ3v) is 2.66. The summed E-state index contributed by atoms with van der Waals surface area (Å²) in [4.78, 5) is 0. The first-order valence-electron chi connectivity index (χ1n) is 5.56. The van der Waals surface area contributed by atoms with E-state index in [2.05, 4.69) is 26.1 Å². The van der Waals surface area contributed by atoms with E-state index in [1.807, 2.05) is 12.3 Å². The maximum absolute atomic E-state index is 5.07. The zero-order valence-corrected chi connectivity index (χ0v) is 9.42. The van der Waals surface area contributed by atoms with Gasteiger partial charge in [-0.05, 0) is 25.8 Å². The molecular weight excluding hydrogens is 174 g/mol. The van der Waals surface area contributed by atoms with E-state index in [0.717, 1.165) is 0 Å². The van der Waals surface area contributed by atoms with Crippen LogP contribution in [0.3, 0.4) is 0 Å². The lowest BCUT2D eigenvalue weighted by Gasteiger charge is -2.20. The summed E-state index contributed by atoms with van der Waals surface area (Å²) in [6, 6.07) is 3.05. The van der Waals surface area contributed by atoms with E-state index in [1.54, 1.807) is 6.26 Å². The van der Waals surface area contributed by atoms with Gasteiger partial charge in [0.25, 0.3) is 0 Å². The molecule has 14 heavy (non-hydrogen) atoms. The van der Waals surface area contributed by atoms with Gasteiger partial charge in [-0.2, -0.15) is 0 Å². The van der Waals surface area contributed by atoms with E-state index in [-0.39, 0.29) is 0 Å². The predicted octanol–water partition coefficient (Wildman–Crippen LogP) is 3.51. The molecular formula is C12H21NO. The van der Waals surface area contributed by atoms with Gasteiger partial charge >= 0.3 is 0 Å². The Hall–Kier alpha value is -0.760. The second kappa shape index (κ2) is 5.86. The molecule has 0 aliphatic rings. The molecule has 0 spiro atoms.